The minimum absolute atomic E-state index is 0.00460. The van der Waals surface area contributed by atoms with Crippen LogP contribution in [-0.2, 0) is 24.0 Å². The van der Waals surface area contributed by atoms with Crippen molar-refractivity contribution in [1.29, 1.82) is 0 Å². The fourth-order valence-electron chi connectivity index (χ4n) is 5.60. The van der Waals surface area contributed by atoms with Crippen LogP contribution in [0.3, 0.4) is 0 Å². The lowest BCUT2D eigenvalue weighted by Crippen LogP contribution is -2.19. The summed E-state index contributed by atoms with van der Waals surface area (Å²) in [6, 6.07) is 0. The van der Waals surface area contributed by atoms with Gasteiger partial charge < -0.3 is 14.2 Å². The van der Waals surface area contributed by atoms with Crippen LogP contribution in [0.2, 0.25) is 0 Å². The molecule has 0 fully saturated rings. The molecule has 0 rings (SSSR count). The second-order valence-corrected chi connectivity index (χ2v) is 12.8. The van der Waals surface area contributed by atoms with Crippen molar-refractivity contribution in [3.8, 4) is 0 Å². The van der Waals surface area contributed by atoms with Crippen molar-refractivity contribution in [2.45, 2.75) is 206 Å². The Balaban J connectivity index is 3.76. The first-order valence-electron chi connectivity index (χ1n) is 19.3. The predicted octanol–water partition coefficient (Wildman–Crippen LogP) is 12.3. The van der Waals surface area contributed by atoms with Gasteiger partial charge in [0.2, 0.25) is 0 Å². The molecule has 0 N–H and O–H groups in total. The van der Waals surface area contributed by atoms with E-state index in [-0.39, 0.29) is 6.29 Å². The molecule has 0 aliphatic rings. The van der Waals surface area contributed by atoms with Gasteiger partial charge in [0.25, 0.3) is 0 Å². The Kier molecular flexibility index (Phi) is 39.6. The number of unbranched alkanes of at least 4 members (excludes halogenated alkanes) is 24. The van der Waals surface area contributed by atoms with Gasteiger partial charge in [0.05, 0.1) is 13.7 Å². The third kappa shape index (κ3) is 37.9. The monoisotopic (exact) mass is 615 g/mol. The Bertz CT molecular complexity index is 453. The topological polar surface area (TPSA) is 46.2 Å². The molecule has 0 aromatic carbocycles. The normalized spacial score (nSPS) is 11.7. The van der Waals surface area contributed by atoms with Crippen LogP contribution in [0.5, 0.6) is 0 Å². The summed E-state index contributed by atoms with van der Waals surface area (Å²) in [7, 11) is 1.57. The second kappa shape index (κ2) is 39.8. The molecule has 0 saturated heterocycles. The molecule has 0 unspecified atom stereocenters. The van der Waals surface area contributed by atoms with Crippen LogP contribution in [0.15, 0.2) is 0 Å². The molecular formula is C38H78O5. The molecule has 0 aromatic rings. The molecule has 5 nitrogen and oxygen atoms in total. The fraction of sp³-hybridized carbons (Fsp3) is 1.00. The van der Waals surface area contributed by atoms with Crippen LogP contribution in [0.25, 0.3) is 0 Å². The number of hydrogen-bond donors (Lipinski definition) is 0. The summed E-state index contributed by atoms with van der Waals surface area (Å²) in [6.07, 6.45) is 37.5. The number of hydrogen-bond acceptors (Lipinski definition) is 5. The van der Waals surface area contributed by atoms with E-state index in [0.29, 0.717) is 0 Å². The van der Waals surface area contributed by atoms with Crippen LogP contribution >= 0.6 is 0 Å². The summed E-state index contributed by atoms with van der Waals surface area (Å²) in [5.41, 5.74) is 0. The van der Waals surface area contributed by atoms with E-state index in [0.717, 1.165) is 45.9 Å². The maximum absolute atomic E-state index is 6.24. The van der Waals surface area contributed by atoms with E-state index < -0.39 is 0 Å². The third-order valence-corrected chi connectivity index (χ3v) is 8.47. The lowest BCUT2D eigenvalue weighted by Gasteiger charge is -2.19. The van der Waals surface area contributed by atoms with Gasteiger partial charge >= 0.3 is 0 Å². The first-order valence-corrected chi connectivity index (χ1v) is 19.3. The van der Waals surface area contributed by atoms with Gasteiger partial charge in [0, 0.05) is 26.4 Å². The molecule has 0 radical (unpaired) electrons. The Labute approximate surface area is 270 Å². The van der Waals surface area contributed by atoms with Crippen molar-refractivity contribution in [3.05, 3.63) is 0 Å². The van der Waals surface area contributed by atoms with Crippen molar-refractivity contribution in [2.24, 2.45) is 0 Å². The molecule has 43 heavy (non-hydrogen) atoms. The second-order valence-electron chi connectivity index (χ2n) is 12.8. The van der Waals surface area contributed by atoms with E-state index in [1.165, 1.54) is 173 Å². The van der Waals surface area contributed by atoms with Crippen LogP contribution in [0.1, 0.15) is 200 Å². The van der Waals surface area contributed by atoms with E-state index >= 15 is 0 Å². The maximum atomic E-state index is 6.24. The zero-order valence-electron chi connectivity index (χ0n) is 29.7. The molecule has 5 heteroatoms. The Morgan fingerprint density at radius 1 is 0.349 bits per heavy atom. The third-order valence-electron chi connectivity index (χ3n) is 8.47. The van der Waals surface area contributed by atoms with Crippen LogP contribution in [0, 0.1) is 0 Å². The Hall–Kier alpha value is -0.200. The maximum Gasteiger partial charge on any atom is 0.157 e. The average Bonchev–Trinajstić information content (AvgIpc) is 3.02. The highest BCUT2D eigenvalue weighted by Crippen LogP contribution is 2.15. The Morgan fingerprint density at radius 3 is 1.07 bits per heavy atom. The highest BCUT2D eigenvalue weighted by Gasteiger charge is 2.09. The summed E-state index contributed by atoms with van der Waals surface area (Å²) < 4.78 is 18.4. The minimum atomic E-state index is -0.00460. The van der Waals surface area contributed by atoms with Crippen molar-refractivity contribution >= 4 is 0 Å². The smallest absolute Gasteiger partial charge is 0.157 e. The SMILES string of the molecule is CCCCCCCCCCOC(CCCCCCOCCCCCCCCCCOOC)OCCCCCCCCCC. The van der Waals surface area contributed by atoms with E-state index in [2.05, 4.69) is 18.7 Å². The summed E-state index contributed by atoms with van der Waals surface area (Å²) in [6.45, 7) is 8.85. The van der Waals surface area contributed by atoms with E-state index in [4.69, 9.17) is 19.1 Å². The molecule has 0 atom stereocenters. The van der Waals surface area contributed by atoms with Crippen molar-refractivity contribution < 1.29 is 24.0 Å². The number of rotatable bonds is 39. The van der Waals surface area contributed by atoms with Crippen molar-refractivity contribution in [2.75, 3.05) is 40.1 Å². The van der Waals surface area contributed by atoms with Gasteiger partial charge in [-0.1, -0.05) is 155 Å². The molecule has 0 aliphatic carbocycles. The average molecular weight is 615 g/mol. The highest BCUT2D eigenvalue weighted by atomic mass is 17.2. The molecule has 0 amide bonds. The van der Waals surface area contributed by atoms with Crippen LogP contribution in [-0.4, -0.2) is 46.4 Å². The zero-order valence-corrected chi connectivity index (χ0v) is 29.7. The van der Waals surface area contributed by atoms with Crippen molar-refractivity contribution in [3.63, 3.8) is 0 Å². The molecule has 0 spiro atoms. The largest absolute Gasteiger partial charge is 0.381 e. The van der Waals surface area contributed by atoms with Gasteiger partial charge in [-0.05, 0) is 44.9 Å². The van der Waals surface area contributed by atoms with Crippen LogP contribution < -0.4 is 0 Å². The van der Waals surface area contributed by atoms with Gasteiger partial charge in [-0.25, -0.2) is 9.78 Å². The fourth-order valence-corrected chi connectivity index (χ4v) is 5.60. The van der Waals surface area contributed by atoms with E-state index in [1.54, 1.807) is 7.11 Å². The minimum Gasteiger partial charge on any atom is -0.381 e. The summed E-state index contributed by atoms with van der Waals surface area (Å²) in [5.74, 6) is 0. The molecule has 0 saturated carbocycles. The standard InChI is InChI=1S/C38H78O5/c1-4-6-8-10-12-17-22-29-35-41-38(42-36-30-23-18-13-11-9-7-5-2)32-26-20-25-28-34-40-33-27-21-16-14-15-19-24-31-37-43-39-3/h38H,4-37H2,1-3H3. The molecule has 0 heterocycles. The van der Waals surface area contributed by atoms with E-state index in [1.807, 2.05) is 0 Å². The molecule has 0 aliphatic heterocycles. The first-order chi connectivity index (χ1) is 21.3. The van der Waals surface area contributed by atoms with Crippen LogP contribution in [0.4, 0.5) is 0 Å². The lowest BCUT2D eigenvalue weighted by molar-refractivity contribution is -0.272. The molecule has 0 aromatic heterocycles. The zero-order chi connectivity index (χ0) is 31.2. The molecule has 260 valence electrons. The summed E-state index contributed by atoms with van der Waals surface area (Å²) >= 11 is 0. The molecule has 0 bridgehead atoms. The predicted molar refractivity (Wildman–Crippen MR) is 185 cm³/mol. The van der Waals surface area contributed by atoms with Gasteiger partial charge in [-0.15, -0.1) is 0 Å². The van der Waals surface area contributed by atoms with Crippen molar-refractivity contribution in [1.82, 2.24) is 0 Å². The van der Waals surface area contributed by atoms with Gasteiger partial charge in [0.1, 0.15) is 0 Å². The molecular weight excluding hydrogens is 536 g/mol. The van der Waals surface area contributed by atoms with Gasteiger partial charge in [-0.3, -0.25) is 0 Å². The summed E-state index contributed by atoms with van der Waals surface area (Å²) in [5, 5.41) is 0. The number of ether oxygens (including phenoxy) is 3. The Morgan fingerprint density at radius 2 is 0.674 bits per heavy atom. The quantitative estimate of drug-likeness (QED) is 0.0298. The van der Waals surface area contributed by atoms with Gasteiger partial charge in [-0.2, -0.15) is 0 Å². The van der Waals surface area contributed by atoms with Gasteiger partial charge in [0.15, 0.2) is 6.29 Å². The lowest BCUT2D eigenvalue weighted by atomic mass is 10.1. The van der Waals surface area contributed by atoms with E-state index in [9.17, 15) is 0 Å². The first kappa shape index (κ1) is 42.8. The highest BCUT2D eigenvalue weighted by molar-refractivity contribution is 4.53. The summed E-state index contributed by atoms with van der Waals surface area (Å²) in [4.78, 5) is 9.52.